The largest absolute Gasteiger partial charge is 0.273 e. The molecule has 1 fully saturated rings. The van der Waals surface area contributed by atoms with Gasteiger partial charge >= 0.3 is 0 Å². The summed E-state index contributed by atoms with van der Waals surface area (Å²) in [6.07, 6.45) is 3.42. The van der Waals surface area contributed by atoms with Crippen molar-refractivity contribution in [2.24, 2.45) is 5.92 Å². The number of nitrogens with one attached hydrogen (secondary N) is 1. The van der Waals surface area contributed by atoms with E-state index in [-0.39, 0.29) is 18.4 Å². The Labute approximate surface area is 97.6 Å². The zero-order valence-corrected chi connectivity index (χ0v) is 9.17. The first-order valence-electron chi connectivity index (χ1n) is 5.54. The molecule has 2 aromatic rings. The minimum atomic E-state index is -0.0317. The van der Waals surface area contributed by atoms with E-state index in [1.54, 1.807) is 4.52 Å². The van der Waals surface area contributed by atoms with E-state index in [0.29, 0.717) is 0 Å². The van der Waals surface area contributed by atoms with Gasteiger partial charge in [-0.2, -0.15) is 5.10 Å². The quantitative estimate of drug-likeness (QED) is 0.787. The summed E-state index contributed by atoms with van der Waals surface area (Å²) >= 11 is 0. The standard InChI is InChI=1S/C11H12N4O2/c16-11(8-4-5-8)14-17-6-9-2-1-3-10-12-7-13-15(9)10/h1-3,7-8H,4-6H2,(H,14,16). The second-order valence-electron chi connectivity index (χ2n) is 4.08. The molecule has 0 aliphatic heterocycles. The van der Waals surface area contributed by atoms with Gasteiger partial charge in [-0.05, 0) is 25.0 Å². The average Bonchev–Trinajstić information content (AvgIpc) is 3.07. The Kier molecular flexibility index (Phi) is 2.49. The number of rotatable bonds is 4. The van der Waals surface area contributed by atoms with Crippen LogP contribution < -0.4 is 5.48 Å². The predicted molar refractivity (Wildman–Crippen MR) is 58.6 cm³/mol. The number of hydroxylamine groups is 1. The molecule has 6 nitrogen and oxygen atoms in total. The molecule has 1 aliphatic rings. The molecule has 3 rings (SSSR count). The number of amides is 1. The van der Waals surface area contributed by atoms with Crippen molar-refractivity contribution in [2.75, 3.05) is 0 Å². The summed E-state index contributed by atoms with van der Waals surface area (Å²) in [6.45, 7) is 0.277. The number of fused-ring (bicyclic) bond motifs is 1. The van der Waals surface area contributed by atoms with Crippen molar-refractivity contribution in [3.63, 3.8) is 0 Å². The lowest BCUT2D eigenvalue weighted by Gasteiger charge is -2.06. The molecule has 2 heterocycles. The van der Waals surface area contributed by atoms with Crippen molar-refractivity contribution in [2.45, 2.75) is 19.4 Å². The Hall–Kier alpha value is -1.95. The maximum Gasteiger partial charge on any atom is 0.246 e. The summed E-state index contributed by atoms with van der Waals surface area (Å²) in [7, 11) is 0. The number of aromatic nitrogens is 3. The number of nitrogens with zero attached hydrogens (tertiary/aromatic N) is 3. The van der Waals surface area contributed by atoms with Gasteiger partial charge in [-0.1, -0.05) is 6.07 Å². The van der Waals surface area contributed by atoms with Gasteiger partial charge in [0.15, 0.2) is 5.65 Å². The molecule has 17 heavy (non-hydrogen) atoms. The molecule has 1 aliphatic carbocycles. The van der Waals surface area contributed by atoms with E-state index >= 15 is 0 Å². The molecule has 1 N–H and O–H groups in total. The van der Waals surface area contributed by atoms with Gasteiger partial charge in [-0.3, -0.25) is 9.63 Å². The summed E-state index contributed by atoms with van der Waals surface area (Å²) in [5.74, 6) is 0.118. The summed E-state index contributed by atoms with van der Waals surface area (Å²) < 4.78 is 1.68. The molecule has 88 valence electrons. The van der Waals surface area contributed by atoms with E-state index in [0.717, 1.165) is 24.2 Å². The van der Waals surface area contributed by atoms with Crippen molar-refractivity contribution in [3.8, 4) is 0 Å². The Morgan fingerprint density at radius 2 is 2.41 bits per heavy atom. The maximum absolute atomic E-state index is 11.3. The van der Waals surface area contributed by atoms with Crippen LogP contribution in [0.3, 0.4) is 0 Å². The first-order valence-corrected chi connectivity index (χ1v) is 5.54. The average molecular weight is 232 g/mol. The number of carbonyl (C=O) groups is 1. The Balaban J connectivity index is 1.64. The third-order valence-corrected chi connectivity index (χ3v) is 2.72. The van der Waals surface area contributed by atoms with Crippen LogP contribution in [0.1, 0.15) is 18.5 Å². The molecule has 0 aromatic carbocycles. The molecule has 0 radical (unpaired) electrons. The molecular weight excluding hydrogens is 220 g/mol. The van der Waals surface area contributed by atoms with Gasteiger partial charge < -0.3 is 0 Å². The molecule has 0 saturated heterocycles. The minimum absolute atomic E-state index is 0.0317. The second-order valence-corrected chi connectivity index (χ2v) is 4.08. The van der Waals surface area contributed by atoms with Crippen molar-refractivity contribution < 1.29 is 9.63 Å². The predicted octanol–water partition coefficient (Wildman–Crippen LogP) is 0.687. The zero-order valence-electron chi connectivity index (χ0n) is 9.17. The first kappa shape index (κ1) is 10.2. The van der Waals surface area contributed by atoms with Crippen molar-refractivity contribution in [1.82, 2.24) is 20.1 Å². The number of hydrogen-bond acceptors (Lipinski definition) is 4. The lowest BCUT2D eigenvalue weighted by Crippen LogP contribution is -2.25. The Morgan fingerprint density at radius 3 is 3.24 bits per heavy atom. The SMILES string of the molecule is O=C(NOCc1cccc2ncnn12)C1CC1. The lowest BCUT2D eigenvalue weighted by molar-refractivity contribution is -0.136. The van der Waals surface area contributed by atoms with Gasteiger partial charge in [-0.15, -0.1) is 0 Å². The van der Waals surface area contributed by atoms with Gasteiger partial charge in [0, 0.05) is 5.92 Å². The van der Waals surface area contributed by atoms with Crippen LogP contribution in [0.25, 0.3) is 5.65 Å². The fourth-order valence-corrected chi connectivity index (χ4v) is 1.62. The van der Waals surface area contributed by atoms with Crippen LogP contribution in [0, 0.1) is 5.92 Å². The van der Waals surface area contributed by atoms with Crippen molar-refractivity contribution in [1.29, 1.82) is 0 Å². The van der Waals surface area contributed by atoms with Gasteiger partial charge in [0.25, 0.3) is 0 Å². The fourth-order valence-electron chi connectivity index (χ4n) is 1.62. The highest BCUT2D eigenvalue weighted by Crippen LogP contribution is 2.28. The van der Waals surface area contributed by atoms with Crippen LogP contribution in [0.4, 0.5) is 0 Å². The van der Waals surface area contributed by atoms with Crippen molar-refractivity contribution in [3.05, 3.63) is 30.2 Å². The second kappa shape index (κ2) is 4.14. The highest BCUT2D eigenvalue weighted by atomic mass is 16.7. The van der Waals surface area contributed by atoms with E-state index in [2.05, 4.69) is 15.6 Å². The van der Waals surface area contributed by atoms with Crippen LogP contribution in [-0.4, -0.2) is 20.5 Å². The van der Waals surface area contributed by atoms with Crippen LogP contribution >= 0.6 is 0 Å². The molecule has 0 atom stereocenters. The van der Waals surface area contributed by atoms with E-state index in [1.165, 1.54) is 6.33 Å². The number of pyridine rings is 1. The minimum Gasteiger partial charge on any atom is -0.273 e. The number of hydrogen-bond donors (Lipinski definition) is 1. The van der Waals surface area contributed by atoms with Crippen LogP contribution in [0.2, 0.25) is 0 Å². The summed E-state index contributed by atoms with van der Waals surface area (Å²) in [4.78, 5) is 20.6. The maximum atomic E-state index is 11.3. The van der Waals surface area contributed by atoms with Crippen LogP contribution in [0.15, 0.2) is 24.5 Å². The molecule has 6 heteroatoms. The summed E-state index contributed by atoms with van der Waals surface area (Å²) in [6, 6.07) is 5.62. The lowest BCUT2D eigenvalue weighted by atomic mass is 10.3. The highest BCUT2D eigenvalue weighted by molar-refractivity contribution is 5.79. The third-order valence-electron chi connectivity index (χ3n) is 2.72. The molecular formula is C11H12N4O2. The molecule has 0 bridgehead atoms. The molecule has 1 amide bonds. The van der Waals surface area contributed by atoms with Crippen LogP contribution in [0.5, 0.6) is 0 Å². The zero-order chi connectivity index (χ0) is 11.7. The Morgan fingerprint density at radius 1 is 1.53 bits per heavy atom. The third kappa shape index (κ3) is 2.12. The van der Waals surface area contributed by atoms with E-state index in [4.69, 9.17) is 4.84 Å². The smallest absolute Gasteiger partial charge is 0.246 e. The van der Waals surface area contributed by atoms with Gasteiger partial charge in [0.2, 0.25) is 5.91 Å². The summed E-state index contributed by atoms with van der Waals surface area (Å²) in [5, 5.41) is 4.08. The van der Waals surface area contributed by atoms with E-state index in [1.807, 2.05) is 18.2 Å². The van der Waals surface area contributed by atoms with Crippen molar-refractivity contribution >= 4 is 11.6 Å². The van der Waals surface area contributed by atoms with E-state index in [9.17, 15) is 4.79 Å². The first-order chi connectivity index (χ1) is 8.34. The highest BCUT2D eigenvalue weighted by Gasteiger charge is 2.29. The summed E-state index contributed by atoms with van der Waals surface area (Å²) in [5.41, 5.74) is 4.06. The molecule has 2 aromatic heterocycles. The van der Waals surface area contributed by atoms with Crippen LogP contribution in [-0.2, 0) is 16.2 Å². The molecule has 1 saturated carbocycles. The monoisotopic (exact) mass is 232 g/mol. The van der Waals surface area contributed by atoms with Gasteiger partial charge in [0.05, 0.1) is 5.69 Å². The molecule has 0 spiro atoms. The van der Waals surface area contributed by atoms with Gasteiger partial charge in [-0.25, -0.2) is 15.0 Å². The fraction of sp³-hybridized carbons (Fsp3) is 0.364. The molecule has 0 unspecified atom stereocenters. The normalized spacial score (nSPS) is 15.1. The Bertz CT molecular complexity index is 547. The topological polar surface area (TPSA) is 68.5 Å². The van der Waals surface area contributed by atoms with E-state index < -0.39 is 0 Å². The number of carbonyl (C=O) groups excluding carboxylic acids is 1. The van der Waals surface area contributed by atoms with Gasteiger partial charge in [0.1, 0.15) is 12.9 Å².